The Labute approximate surface area is 471 Å². The molecule has 5 nitrogen and oxygen atoms in total. The van der Waals surface area contributed by atoms with Crippen molar-refractivity contribution in [2.45, 2.75) is 315 Å². The fourth-order valence-corrected chi connectivity index (χ4v) is 9.22. The molecule has 0 saturated carbocycles. The van der Waals surface area contributed by atoms with Gasteiger partial charge in [-0.2, -0.15) is 0 Å². The van der Waals surface area contributed by atoms with Crippen molar-refractivity contribution in [2.24, 2.45) is 0 Å². The number of rotatable bonds is 59. The topological polar surface area (TPSA) is 72.8 Å². The maximum atomic E-state index is 12.4. The summed E-state index contributed by atoms with van der Waals surface area (Å²) in [7, 11) is 0. The maximum Gasteiger partial charge on any atom is 0.306 e. The zero-order valence-corrected chi connectivity index (χ0v) is 50.0. The molecule has 0 rings (SSSR count). The second kappa shape index (κ2) is 65.8. The molecule has 436 valence electrons. The number of ether oxygens (including phenoxy) is 2. The Morgan fingerprint density at radius 2 is 0.566 bits per heavy atom. The first-order valence-electron chi connectivity index (χ1n) is 32.4. The van der Waals surface area contributed by atoms with Gasteiger partial charge in [-0.25, -0.2) is 0 Å². The second-order valence-electron chi connectivity index (χ2n) is 21.5. The van der Waals surface area contributed by atoms with E-state index in [9.17, 15) is 14.7 Å². The summed E-state index contributed by atoms with van der Waals surface area (Å²) in [5.74, 6) is -0.586. The van der Waals surface area contributed by atoms with Crippen LogP contribution < -0.4 is 0 Å². The molecule has 1 unspecified atom stereocenters. The number of allylic oxidation sites excluding steroid dienone is 18. The van der Waals surface area contributed by atoms with E-state index < -0.39 is 6.10 Å². The largest absolute Gasteiger partial charge is 0.462 e. The molecule has 0 amide bonds. The van der Waals surface area contributed by atoms with Crippen LogP contribution >= 0.6 is 0 Å². The van der Waals surface area contributed by atoms with Crippen LogP contribution in [-0.2, 0) is 19.1 Å². The van der Waals surface area contributed by atoms with E-state index in [1.807, 2.05) is 0 Å². The molecule has 0 aliphatic rings. The summed E-state index contributed by atoms with van der Waals surface area (Å²) in [6.45, 7) is 4.04. The van der Waals surface area contributed by atoms with Gasteiger partial charge in [0, 0.05) is 12.8 Å². The molecule has 76 heavy (non-hydrogen) atoms. The number of aliphatic hydroxyl groups is 1. The van der Waals surface area contributed by atoms with Crippen LogP contribution in [0.4, 0.5) is 0 Å². The van der Waals surface area contributed by atoms with Gasteiger partial charge in [0.2, 0.25) is 0 Å². The molecule has 0 saturated heterocycles. The lowest BCUT2D eigenvalue weighted by Crippen LogP contribution is -2.28. The van der Waals surface area contributed by atoms with Crippen molar-refractivity contribution in [3.8, 4) is 0 Å². The summed E-state index contributed by atoms with van der Waals surface area (Å²) >= 11 is 0. The molecule has 0 radical (unpaired) electrons. The third-order valence-corrected chi connectivity index (χ3v) is 14.1. The molecule has 0 aliphatic heterocycles. The molecular weight excluding hydrogens is 933 g/mol. The standard InChI is InChI=1S/C71H122O5/c1-3-5-7-9-11-13-15-17-19-21-23-25-27-29-31-33-34-35-36-38-40-42-44-46-48-50-52-54-56-58-60-62-64-66-71(74)76-69(67-72)68-75-70(73)65-63-61-59-57-55-53-51-49-47-45-43-41-39-37-32-30-28-26-24-22-20-18-16-14-12-10-8-6-4-2/h5,7,11,13,16-19,22-25,28-31,34-35,69,72H,3-4,6,8-10,12,14-15,20-21,26-27,32-33,36-68H2,1-2H3/b7-5-,13-11-,18-16-,19-17-,24-22-,25-23-,30-28-,31-29-,35-34-. The van der Waals surface area contributed by atoms with Gasteiger partial charge in [-0.05, 0) is 103 Å². The average molecular weight is 1060 g/mol. The average Bonchev–Trinajstić information content (AvgIpc) is 3.42. The van der Waals surface area contributed by atoms with Crippen LogP contribution in [0, 0.1) is 0 Å². The van der Waals surface area contributed by atoms with E-state index in [2.05, 4.69) is 123 Å². The first kappa shape index (κ1) is 72.6. The fraction of sp³-hybridized carbons (Fsp3) is 0.718. The highest BCUT2D eigenvalue weighted by Gasteiger charge is 2.16. The highest BCUT2D eigenvalue weighted by molar-refractivity contribution is 5.70. The van der Waals surface area contributed by atoms with Crippen LogP contribution in [0.1, 0.15) is 309 Å². The summed E-state index contributed by atoms with van der Waals surface area (Å²) in [5.41, 5.74) is 0. The SMILES string of the molecule is CC/C=C\C/C=C\C/C=C\C/C=C\C/C=C\C/C=C\CCCCCCCCCCCCCCCCC(=O)OC(CO)COC(=O)CCCCCCCCCCCCCCCC/C=C\C/C=C\C/C=C\CCCCCCC. The van der Waals surface area contributed by atoms with Crippen molar-refractivity contribution in [1.82, 2.24) is 0 Å². The summed E-state index contributed by atoms with van der Waals surface area (Å²) in [6.07, 6.45) is 95.2. The van der Waals surface area contributed by atoms with E-state index in [1.54, 1.807) is 0 Å². The van der Waals surface area contributed by atoms with Crippen LogP contribution in [-0.4, -0.2) is 36.4 Å². The second-order valence-corrected chi connectivity index (χ2v) is 21.5. The molecule has 0 heterocycles. The van der Waals surface area contributed by atoms with Crippen molar-refractivity contribution in [1.29, 1.82) is 0 Å². The van der Waals surface area contributed by atoms with E-state index in [4.69, 9.17) is 9.47 Å². The normalized spacial score (nSPS) is 12.9. The van der Waals surface area contributed by atoms with Gasteiger partial charge in [-0.3, -0.25) is 9.59 Å². The molecular formula is C71H122O5. The Kier molecular flexibility index (Phi) is 62.9. The molecule has 0 aromatic carbocycles. The minimum absolute atomic E-state index is 0.0688. The quantitative estimate of drug-likeness (QED) is 0.0373. The third kappa shape index (κ3) is 63.1. The van der Waals surface area contributed by atoms with Gasteiger partial charge in [0.25, 0.3) is 0 Å². The number of aliphatic hydroxyl groups excluding tert-OH is 1. The Balaban J connectivity index is 3.49. The van der Waals surface area contributed by atoms with E-state index >= 15 is 0 Å². The van der Waals surface area contributed by atoms with Crippen LogP contribution in [0.5, 0.6) is 0 Å². The molecule has 1 atom stereocenters. The zero-order valence-electron chi connectivity index (χ0n) is 50.0. The third-order valence-electron chi connectivity index (χ3n) is 14.1. The Bertz CT molecular complexity index is 1470. The molecule has 0 aliphatic carbocycles. The molecule has 0 spiro atoms. The zero-order chi connectivity index (χ0) is 54.8. The number of hydrogen-bond acceptors (Lipinski definition) is 5. The summed E-state index contributed by atoms with van der Waals surface area (Å²) in [6, 6.07) is 0. The molecule has 0 fully saturated rings. The van der Waals surface area contributed by atoms with Gasteiger partial charge in [0.05, 0.1) is 6.61 Å². The lowest BCUT2D eigenvalue weighted by molar-refractivity contribution is -0.161. The number of carbonyl (C=O) groups is 2. The van der Waals surface area contributed by atoms with Gasteiger partial charge in [0.1, 0.15) is 6.61 Å². The van der Waals surface area contributed by atoms with Crippen molar-refractivity contribution >= 4 is 11.9 Å². The minimum atomic E-state index is -0.779. The number of unbranched alkanes of at least 4 members (excludes halogenated alkanes) is 33. The van der Waals surface area contributed by atoms with Crippen molar-refractivity contribution in [3.05, 3.63) is 109 Å². The van der Waals surface area contributed by atoms with Gasteiger partial charge in [-0.1, -0.05) is 303 Å². The van der Waals surface area contributed by atoms with Crippen LogP contribution in [0.15, 0.2) is 109 Å². The predicted molar refractivity (Wildman–Crippen MR) is 334 cm³/mol. The summed E-state index contributed by atoms with van der Waals surface area (Å²) < 4.78 is 10.7. The first-order chi connectivity index (χ1) is 37.6. The monoisotopic (exact) mass is 1050 g/mol. The molecule has 0 bridgehead atoms. The van der Waals surface area contributed by atoms with Crippen LogP contribution in [0.25, 0.3) is 0 Å². The van der Waals surface area contributed by atoms with Gasteiger partial charge >= 0.3 is 11.9 Å². The Hall–Kier alpha value is -3.44. The molecule has 1 N–H and O–H groups in total. The lowest BCUT2D eigenvalue weighted by atomic mass is 10.0. The Morgan fingerprint density at radius 1 is 0.316 bits per heavy atom. The summed E-state index contributed by atoms with van der Waals surface area (Å²) in [4.78, 5) is 24.6. The molecule has 0 aromatic heterocycles. The number of hydrogen-bond donors (Lipinski definition) is 1. The maximum absolute atomic E-state index is 12.4. The van der Waals surface area contributed by atoms with E-state index in [-0.39, 0.29) is 25.2 Å². The lowest BCUT2D eigenvalue weighted by Gasteiger charge is -2.15. The number of carbonyl (C=O) groups excluding carboxylic acids is 2. The van der Waals surface area contributed by atoms with Gasteiger partial charge in [-0.15, -0.1) is 0 Å². The fourth-order valence-electron chi connectivity index (χ4n) is 9.22. The van der Waals surface area contributed by atoms with Crippen molar-refractivity contribution < 1.29 is 24.2 Å². The summed E-state index contributed by atoms with van der Waals surface area (Å²) in [5, 5.41) is 9.69. The predicted octanol–water partition coefficient (Wildman–Crippen LogP) is 22.4. The van der Waals surface area contributed by atoms with E-state index in [1.165, 1.54) is 193 Å². The Morgan fingerprint density at radius 3 is 0.855 bits per heavy atom. The van der Waals surface area contributed by atoms with E-state index in [0.29, 0.717) is 12.8 Å². The van der Waals surface area contributed by atoms with Crippen LogP contribution in [0.3, 0.4) is 0 Å². The van der Waals surface area contributed by atoms with E-state index in [0.717, 1.165) is 89.9 Å². The smallest absolute Gasteiger partial charge is 0.306 e. The minimum Gasteiger partial charge on any atom is -0.462 e. The van der Waals surface area contributed by atoms with Crippen LogP contribution in [0.2, 0.25) is 0 Å². The first-order valence-corrected chi connectivity index (χ1v) is 32.4. The van der Waals surface area contributed by atoms with Gasteiger partial charge < -0.3 is 14.6 Å². The molecule has 5 heteroatoms. The van der Waals surface area contributed by atoms with Crippen molar-refractivity contribution in [2.75, 3.05) is 13.2 Å². The highest BCUT2D eigenvalue weighted by Crippen LogP contribution is 2.17. The molecule has 0 aromatic rings. The van der Waals surface area contributed by atoms with Crippen molar-refractivity contribution in [3.63, 3.8) is 0 Å². The highest BCUT2D eigenvalue weighted by atomic mass is 16.6. The number of esters is 2. The van der Waals surface area contributed by atoms with Gasteiger partial charge in [0.15, 0.2) is 6.10 Å².